The van der Waals surface area contributed by atoms with E-state index in [0.717, 1.165) is 27.6 Å². The molecule has 0 radical (unpaired) electrons. The van der Waals surface area contributed by atoms with E-state index in [1.807, 2.05) is 36.4 Å². The number of fused-ring (bicyclic) bond motifs is 2. The molecular formula is C23H23N3O4. The van der Waals surface area contributed by atoms with Crippen molar-refractivity contribution < 1.29 is 14.3 Å². The van der Waals surface area contributed by atoms with Gasteiger partial charge in [0.25, 0.3) is 5.91 Å². The second kappa shape index (κ2) is 8.42. The van der Waals surface area contributed by atoms with Crippen molar-refractivity contribution in [3.8, 4) is 5.75 Å². The normalized spacial score (nSPS) is 11.1. The number of rotatable bonds is 7. The summed E-state index contributed by atoms with van der Waals surface area (Å²) >= 11 is 0. The molecule has 0 bridgehead atoms. The fourth-order valence-electron chi connectivity index (χ4n) is 3.67. The number of benzene rings is 3. The summed E-state index contributed by atoms with van der Waals surface area (Å²) in [5.41, 5.74) is 2.53. The highest BCUT2D eigenvalue weighted by Gasteiger charge is 2.13. The predicted molar refractivity (Wildman–Crippen MR) is 116 cm³/mol. The van der Waals surface area contributed by atoms with Crippen LogP contribution in [0.5, 0.6) is 5.75 Å². The van der Waals surface area contributed by atoms with E-state index >= 15 is 0 Å². The van der Waals surface area contributed by atoms with E-state index < -0.39 is 0 Å². The van der Waals surface area contributed by atoms with E-state index in [1.165, 1.54) is 0 Å². The van der Waals surface area contributed by atoms with Crippen molar-refractivity contribution in [1.29, 1.82) is 0 Å². The molecule has 154 valence electrons. The molecule has 7 nitrogen and oxygen atoms in total. The maximum Gasteiger partial charge on any atom is 0.326 e. The number of hydrogen-bond donors (Lipinski definition) is 2. The number of hydrogen-bond acceptors (Lipinski definition) is 4. The Labute approximate surface area is 173 Å². The molecule has 0 unspecified atom stereocenters. The van der Waals surface area contributed by atoms with Gasteiger partial charge in [0.15, 0.2) is 0 Å². The minimum atomic E-state index is -0.225. The maximum atomic E-state index is 12.8. The number of carbonyl (C=O) groups excluding carboxylic acids is 1. The zero-order valence-electron chi connectivity index (χ0n) is 16.9. The van der Waals surface area contributed by atoms with E-state index in [2.05, 4.69) is 10.3 Å². The van der Waals surface area contributed by atoms with Crippen LogP contribution in [0.1, 0.15) is 15.9 Å². The van der Waals surface area contributed by atoms with E-state index in [0.29, 0.717) is 30.8 Å². The number of nitrogens with one attached hydrogen (secondary N) is 2. The van der Waals surface area contributed by atoms with Gasteiger partial charge in [-0.05, 0) is 35.0 Å². The lowest BCUT2D eigenvalue weighted by molar-refractivity contribution is 0.0951. The van der Waals surface area contributed by atoms with E-state index in [4.69, 9.17) is 9.47 Å². The molecule has 0 atom stereocenters. The second-order valence-electron chi connectivity index (χ2n) is 6.96. The summed E-state index contributed by atoms with van der Waals surface area (Å²) in [6.45, 7) is 1.20. The average Bonchev–Trinajstić information content (AvgIpc) is 3.09. The van der Waals surface area contributed by atoms with Crippen molar-refractivity contribution >= 4 is 27.7 Å². The fourth-order valence-corrected chi connectivity index (χ4v) is 3.67. The highest BCUT2D eigenvalue weighted by atomic mass is 16.5. The quantitative estimate of drug-likeness (QED) is 0.495. The van der Waals surface area contributed by atoms with Gasteiger partial charge in [0, 0.05) is 24.8 Å². The smallest absolute Gasteiger partial charge is 0.326 e. The van der Waals surface area contributed by atoms with Crippen LogP contribution in [-0.2, 0) is 17.8 Å². The standard InChI is InChI=1S/C23H23N3O4/c1-29-12-11-26-20-9-7-16(13-19(20)25-23(26)28)22(27)24-14-18-17-6-4-3-5-15(17)8-10-21(18)30-2/h3-10,13H,11-12,14H2,1-2H3,(H,24,27)(H,25,28). The molecule has 4 rings (SSSR count). The third-order valence-corrected chi connectivity index (χ3v) is 5.20. The van der Waals surface area contributed by atoms with Crippen molar-refractivity contribution in [3.63, 3.8) is 0 Å². The van der Waals surface area contributed by atoms with Gasteiger partial charge in [-0.15, -0.1) is 0 Å². The first-order valence-electron chi connectivity index (χ1n) is 9.66. The van der Waals surface area contributed by atoms with Crippen LogP contribution in [0, 0.1) is 0 Å². The Hall–Kier alpha value is -3.58. The Bertz CT molecular complexity index is 1270. The lowest BCUT2D eigenvalue weighted by Gasteiger charge is -2.13. The minimum Gasteiger partial charge on any atom is -0.496 e. The number of imidazole rings is 1. The van der Waals surface area contributed by atoms with Crippen LogP contribution in [-0.4, -0.2) is 36.3 Å². The molecule has 0 saturated heterocycles. The van der Waals surface area contributed by atoms with Gasteiger partial charge in [-0.25, -0.2) is 4.79 Å². The summed E-state index contributed by atoms with van der Waals surface area (Å²) in [6, 6.07) is 17.1. The number of nitrogens with zero attached hydrogens (tertiary/aromatic N) is 1. The number of amides is 1. The van der Waals surface area contributed by atoms with Gasteiger partial charge in [-0.2, -0.15) is 0 Å². The molecule has 0 aliphatic carbocycles. The molecule has 7 heteroatoms. The molecule has 0 aliphatic rings. The summed E-state index contributed by atoms with van der Waals surface area (Å²) in [7, 11) is 3.21. The molecule has 0 aliphatic heterocycles. The number of H-pyrrole nitrogens is 1. The first kappa shape index (κ1) is 19.7. The van der Waals surface area contributed by atoms with Crippen LogP contribution in [0.25, 0.3) is 21.8 Å². The van der Waals surface area contributed by atoms with Gasteiger partial charge in [-0.3, -0.25) is 9.36 Å². The molecule has 1 aromatic heterocycles. The predicted octanol–water partition coefficient (Wildman–Crippen LogP) is 3.07. The molecule has 2 N–H and O–H groups in total. The van der Waals surface area contributed by atoms with Gasteiger partial charge >= 0.3 is 5.69 Å². The van der Waals surface area contributed by atoms with Gasteiger partial charge in [-0.1, -0.05) is 30.3 Å². The zero-order valence-corrected chi connectivity index (χ0v) is 16.9. The number of aromatic amines is 1. The van der Waals surface area contributed by atoms with Gasteiger partial charge in [0.1, 0.15) is 5.75 Å². The molecule has 0 spiro atoms. The van der Waals surface area contributed by atoms with Crippen molar-refractivity contribution in [3.05, 3.63) is 76.2 Å². The highest BCUT2D eigenvalue weighted by Crippen LogP contribution is 2.28. The van der Waals surface area contributed by atoms with Crippen LogP contribution in [0.2, 0.25) is 0 Å². The fraction of sp³-hybridized carbons (Fsp3) is 0.217. The Morgan fingerprint density at radius 3 is 2.73 bits per heavy atom. The van der Waals surface area contributed by atoms with Crippen molar-refractivity contribution in [1.82, 2.24) is 14.9 Å². The Balaban J connectivity index is 1.58. The van der Waals surface area contributed by atoms with E-state index in [9.17, 15) is 9.59 Å². The number of aromatic nitrogens is 2. The molecule has 3 aromatic carbocycles. The third-order valence-electron chi connectivity index (χ3n) is 5.20. The molecule has 1 heterocycles. The monoisotopic (exact) mass is 405 g/mol. The first-order chi connectivity index (χ1) is 14.6. The molecule has 1 amide bonds. The van der Waals surface area contributed by atoms with E-state index in [-0.39, 0.29) is 11.6 Å². The number of ether oxygens (including phenoxy) is 2. The topological polar surface area (TPSA) is 85.4 Å². The van der Waals surface area contributed by atoms with Crippen LogP contribution in [0.3, 0.4) is 0 Å². The van der Waals surface area contributed by atoms with Gasteiger partial charge in [0.2, 0.25) is 0 Å². The average molecular weight is 405 g/mol. The van der Waals surface area contributed by atoms with Crippen LogP contribution in [0.4, 0.5) is 0 Å². The Morgan fingerprint density at radius 2 is 1.93 bits per heavy atom. The Kier molecular flexibility index (Phi) is 5.54. The van der Waals surface area contributed by atoms with E-state index in [1.54, 1.807) is 37.0 Å². The molecule has 4 aromatic rings. The van der Waals surface area contributed by atoms with Crippen LogP contribution in [0.15, 0.2) is 59.4 Å². The van der Waals surface area contributed by atoms with Crippen LogP contribution < -0.4 is 15.7 Å². The SMILES string of the molecule is COCCn1c(=O)[nH]c2cc(C(=O)NCc3c(OC)ccc4ccccc34)ccc21. The minimum absolute atomic E-state index is 0.222. The Morgan fingerprint density at radius 1 is 1.10 bits per heavy atom. The summed E-state index contributed by atoms with van der Waals surface area (Å²) in [5.74, 6) is 0.501. The summed E-state index contributed by atoms with van der Waals surface area (Å²) < 4.78 is 12.1. The zero-order chi connectivity index (χ0) is 21.1. The lowest BCUT2D eigenvalue weighted by atomic mass is 10.0. The number of carbonyl (C=O) groups is 1. The third kappa shape index (κ3) is 3.67. The highest BCUT2D eigenvalue weighted by molar-refractivity contribution is 5.97. The van der Waals surface area contributed by atoms with Crippen molar-refractivity contribution in [2.24, 2.45) is 0 Å². The van der Waals surface area contributed by atoms with Crippen molar-refractivity contribution in [2.45, 2.75) is 13.1 Å². The van der Waals surface area contributed by atoms with Crippen molar-refractivity contribution in [2.75, 3.05) is 20.8 Å². The van der Waals surface area contributed by atoms with Gasteiger partial charge in [0.05, 0.1) is 31.3 Å². The van der Waals surface area contributed by atoms with Crippen LogP contribution >= 0.6 is 0 Å². The lowest BCUT2D eigenvalue weighted by Crippen LogP contribution is -2.23. The molecular weight excluding hydrogens is 382 g/mol. The number of methoxy groups -OCH3 is 2. The first-order valence-corrected chi connectivity index (χ1v) is 9.66. The summed E-state index contributed by atoms with van der Waals surface area (Å²) in [5, 5.41) is 5.08. The summed E-state index contributed by atoms with van der Waals surface area (Å²) in [4.78, 5) is 27.8. The molecule has 30 heavy (non-hydrogen) atoms. The molecule has 0 fully saturated rings. The second-order valence-corrected chi connectivity index (χ2v) is 6.96. The largest absolute Gasteiger partial charge is 0.496 e. The van der Waals surface area contributed by atoms with Gasteiger partial charge < -0.3 is 19.8 Å². The molecule has 0 saturated carbocycles. The maximum absolute atomic E-state index is 12.8. The summed E-state index contributed by atoms with van der Waals surface area (Å²) in [6.07, 6.45) is 0.